The number of methoxy groups -OCH3 is 1. The van der Waals surface area contributed by atoms with Crippen LogP contribution in [0, 0.1) is 0 Å². The van der Waals surface area contributed by atoms with Crippen LogP contribution in [0.2, 0.25) is 0 Å². The Morgan fingerprint density at radius 3 is 1.50 bits per heavy atom. The minimum atomic E-state index is -3.72. The van der Waals surface area contributed by atoms with E-state index in [2.05, 4.69) is 0 Å². The Kier molecular flexibility index (Phi) is 10.4. The molecule has 0 N–H and O–H groups in total. The van der Waals surface area contributed by atoms with E-state index in [1.165, 1.54) is 7.11 Å². The molecule has 0 bridgehead atoms. The maximum atomic E-state index is 11.8. The van der Waals surface area contributed by atoms with E-state index in [9.17, 15) is 8.42 Å². The van der Waals surface area contributed by atoms with E-state index in [4.69, 9.17) is 27.9 Å². The van der Waals surface area contributed by atoms with Crippen LogP contribution in [-0.2, 0) is 57.8 Å². The van der Waals surface area contributed by atoms with E-state index in [1.807, 2.05) is 91.0 Å². The highest BCUT2D eigenvalue weighted by Gasteiger charge is 2.49. The molecule has 1 aliphatic rings. The zero-order valence-electron chi connectivity index (χ0n) is 21.5. The summed E-state index contributed by atoms with van der Waals surface area (Å²) in [5.74, 6) is 0. The Morgan fingerprint density at radius 2 is 1.08 bits per heavy atom. The fourth-order valence-corrected chi connectivity index (χ4v) is 4.64. The zero-order valence-corrected chi connectivity index (χ0v) is 22.4. The molecule has 5 atom stereocenters. The standard InChI is InChI=1S/C29H34O8S/c1-32-29-28(35-20-24-16-10-5-11-17-24)27(34-19-23-14-8-4-9-15-23)26(25(37-29)21-36-38(2,30)31)33-18-22-12-6-3-7-13-22/h3-17,25-29H,18-21H2,1-2H3/t25-,26-,27+,28-,29+/m1/s1. The van der Waals surface area contributed by atoms with Crippen molar-refractivity contribution >= 4 is 10.1 Å². The van der Waals surface area contributed by atoms with Crippen LogP contribution < -0.4 is 0 Å². The Hall–Kier alpha value is -2.63. The van der Waals surface area contributed by atoms with Gasteiger partial charge in [-0.25, -0.2) is 0 Å². The Balaban J connectivity index is 1.62. The van der Waals surface area contributed by atoms with Gasteiger partial charge in [-0.1, -0.05) is 91.0 Å². The van der Waals surface area contributed by atoms with Crippen molar-refractivity contribution in [3.8, 4) is 0 Å². The molecule has 1 fully saturated rings. The van der Waals surface area contributed by atoms with Crippen LogP contribution in [0.5, 0.6) is 0 Å². The van der Waals surface area contributed by atoms with Gasteiger partial charge in [-0.2, -0.15) is 8.42 Å². The Morgan fingerprint density at radius 1 is 0.658 bits per heavy atom. The SMILES string of the molecule is CO[C@H]1O[C@H](COS(C)(=O)=O)[C@@H](OCc2ccccc2)[C@H](OCc2ccccc2)[C@H]1OCc1ccccc1. The smallest absolute Gasteiger partial charge is 0.264 e. The lowest BCUT2D eigenvalue weighted by Crippen LogP contribution is -2.61. The number of hydrogen-bond acceptors (Lipinski definition) is 8. The van der Waals surface area contributed by atoms with Crippen molar-refractivity contribution in [3.05, 3.63) is 108 Å². The summed E-state index contributed by atoms with van der Waals surface area (Å²) in [5.41, 5.74) is 2.90. The normalized spacial score (nSPS) is 23.8. The van der Waals surface area contributed by atoms with Crippen molar-refractivity contribution in [2.24, 2.45) is 0 Å². The molecule has 0 saturated carbocycles. The van der Waals surface area contributed by atoms with Gasteiger partial charge < -0.3 is 23.7 Å². The van der Waals surface area contributed by atoms with Gasteiger partial charge in [0.15, 0.2) is 6.29 Å². The highest BCUT2D eigenvalue weighted by molar-refractivity contribution is 7.85. The summed E-state index contributed by atoms with van der Waals surface area (Å²) in [6.07, 6.45) is -2.68. The molecular weight excluding hydrogens is 508 g/mol. The third-order valence-electron chi connectivity index (χ3n) is 6.13. The van der Waals surface area contributed by atoms with Crippen LogP contribution >= 0.6 is 0 Å². The second-order valence-electron chi connectivity index (χ2n) is 9.05. The molecule has 1 heterocycles. The number of hydrogen-bond donors (Lipinski definition) is 0. The molecule has 0 aromatic heterocycles. The third-order valence-corrected chi connectivity index (χ3v) is 6.69. The molecule has 38 heavy (non-hydrogen) atoms. The lowest BCUT2D eigenvalue weighted by Gasteiger charge is -2.45. The van der Waals surface area contributed by atoms with Gasteiger partial charge in [-0.15, -0.1) is 0 Å². The van der Waals surface area contributed by atoms with Crippen molar-refractivity contribution in [2.75, 3.05) is 20.0 Å². The summed E-state index contributed by atoms with van der Waals surface area (Å²) in [4.78, 5) is 0. The fraction of sp³-hybridized carbons (Fsp3) is 0.379. The van der Waals surface area contributed by atoms with Crippen LogP contribution in [0.25, 0.3) is 0 Å². The predicted octanol–water partition coefficient (Wildman–Crippen LogP) is 4.09. The first-order valence-electron chi connectivity index (χ1n) is 12.4. The lowest BCUT2D eigenvalue weighted by molar-refractivity contribution is -0.320. The van der Waals surface area contributed by atoms with Gasteiger partial charge in [0, 0.05) is 7.11 Å². The predicted molar refractivity (Wildman–Crippen MR) is 142 cm³/mol. The quantitative estimate of drug-likeness (QED) is 0.299. The number of ether oxygens (including phenoxy) is 5. The molecule has 0 radical (unpaired) electrons. The molecule has 9 heteroatoms. The largest absolute Gasteiger partial charge is 0.368 e. The molecule has 204 valence electrons. The molecule has 8 nitrogen and oxygen atoms in total. The Bertz CT molecular complexity index is 1190. The van der Waals surface area contributed by atoms with E-state index in [0.717, 1.165) is 22.9 Å². The molecule has 0 aliphatic carbocycles. The minimum Gasteiger partial charge on any atom is -0.368 e. The second-order valence-corrected chi connectivity index (χ2v) is 10.7. The molecule has 3 aromatic rings. The molecular formula is C29H34O8S. The van der Waals surface area contributed by atoms with Crippen LogP contribution in [-0.4, -0.2) is 59.1 Å². The summed E-state index contributed by atoms with van der Waals surface area (Å²) in [7, 11) is -2.21. The first kappa shape index (κ1) is 28.4. The molecule has 0 spiro atoms. The van der Waals surface area contributed by atoms with E-state index < -0.39 is 40.8 Å². The van der Waals surface area contributed by atoms with Gasteiger partial charge in [0.05, 0.1) is 32.7 Å². The number of benzene rings is 3. The zero-order chi connectivity index (χ0) is 26.8. The van der Waals surface area contributed by atoms with Gasteiger partial charge in [-0.05, 0) is 16.7 Å². The van der Waals surface area contributed by atoms with Gasteiger partial charge in [0.2, 0.25) is 0 Å². The molecule has 4 rings (SSSR count). The number of rotatable bonds is 13. The topological polar surface area (TPSA) is 89.5 Å². The van der Waals surface area contributed by atoms with Crippen LogP contribution in [0.4, 0.5) is 0 Å². The second kappa shape index (κ2) is 14.0. The van der Waals surface area contributed by atoms with E-state index in [0.29, 0.717) is 6.61 Å². The molecule has 3 aromatic carbocycles. The summed E-state index contributed by atoms with van der Waals surface area (Å²) >= 11 is 0. The molecule has 1 aliphatic heterocycles. The van der Waals surface area contributed by atoms with Gasteiger partial charge >= 0.3 is 0 Å². The third kappa shape index (κ3) is 8.44. The van der Waals surface area contributed by atoms with Crippen molar-refractivity contribution in [3.63, 3.8) is 0 Å². The van der Waals surface area contributed by atoms with Crippen molar-refractivity contribution in [2.45, 2.75) is 50.5 Å². The van der Waals surface area contributed by atoms with E-state index in [1.54, 1.807) is 0 Å². The summed E-state index contributed by atoms with van der Waals surface area (Å²) in [5, 5.41) is 0. The van der Waals surface area contributed by atoms with Crippen LogP contribution in [0.15, 0.2) is 91.0 Å². The van der Waals surface area contributed by atoms with E-state index >= 15 is 0 Å². The van der Waals surface area contributed by atoms with Gasteiger partial charge in [-0.3, -0.25) is 4.18 Å². The average molecular weight is 543 g/mol. The van der Waals surface area contributed by atoms with Crippen molar-refractivity contribution < 1.29 is 36.3 Å². The lowest BCUT2D eigenvalue weighted by atomic mass is 9.98. The van der Waals surface area contributed by atoms with Crippen molar-refractivity contribution in [1.29, 1.82) is 0 Å². The monoisotopic (exact) mass is 542 g/mol. The molecule has 0 amide bonds. The Labute approximate surface area is 224 Å². The minimum absolute atomic E-state index is 0.255. The summed E-state index contributed by atoms with van der Waals surface area (Å²) < 4.78 is 59.8. The van der Waals surface area contributed by atoms with Crippen LogP contribution in [0.3, 0.4) is 0 Å². The summed E-state index contributed by atoms with van der Waals surface area (Å²) in [6, 6.07) is 29.2. The van der Waals surface area contributed by atoms with Crippen molar-refractivity contribution in [1.82, 2.24) is 0 Å². The van der Waals surface area contributed by atoms with Gasteiger partial charge in [0.25, 0.3) is 10.1 Å². The molecule has 0 unspecified atom stereocenters. The fourth-order valence-electron chi connectivity index (χ4n) is 4.26. The summed E-state index contributed by atoms with van der Waals surface area (Å²) in [6.45, 7) is 0.598. The van der Waals surface area contributed by atoms with Crippen LogP contribution in [0.1, 0.15) is 16.7 Å². The first-order valence-corrected chi connectivity index (χ1v) is 14.2. The highest BCUT2D eigenvalue weighted by Crippen LogP contribution is 2.31. The van der Waals surface area contributed by atoms with Gasteiger partial charge in [0.1, 0.15) is 24.4 Å². The average Bonchev–Trinajstić information content (AvgIpc) is 2.94. The molecule has 1 saturated heterocycles. The first-order chi connectivity index (χ1) is 18.4. The maximum Gasteiger partial charge on any atom is 0.264 e. The van der Waals surface area contributed by atoms with E-state index in [-0.39, 0.29) is 19.8 Å². The maximum absolute atomic E-state index is 11.8. The highest BCUT2D eigenvalue weighted by atomic mass is 32.2.